The monoisotopic (exact) mass is 377 g/mol. The number of likely N-dealkylation sites (tertiary alicyclic amines) is 1. The van der Waals surface area contributed by atoms with E-state index < -0.39 is 0 Å². The van der Waals surface area contributed by atoms with E-state index in [0.717, 1.165) is 24.8 Å². The van der Waals surface area contributed by atoms with Gasteiger partial charge < -0.3 is 14.5 Å². The summed E-state index contributed by atoms with van der Waals surface area (Å²) in [5.41, 5.74) is 2.53. The van der Waals surface area contributed by atoms with E-state index in [0.29, 0.717) is 30.4 Å². The van der Waals surface area contributed by atoms with Gasteiger partial charge in [0.25, 0.3) is 5.91 Å². The Bertz CT molecular complexity index is 960. The molecular formula is C22H23N3O3. The van der Waals surface area contributed by atoms with Gasteiger partial charge >= 0.3 is 0 Å². The lowest BCUT2D eigenvalue weighted by Gasteiger charge is -2.30. The molecule has 0 radical (unpaired) electrons. The summed E-state index contributed by atoms with van der Waals surface area (Å²) >= 11 is 0. The molecule has 4 rings (SSSR count). The number of amides is 1. The maximum atomic E-state index is 13.0. The fourth-order valence-corrected chi connectivity index (χ4v) is 3.67. The molecule has 0 saturated carbocycles. The van der Waals surface area contributed by atoms with E-state index in [1.807, 2.05) is 24.3 Å². The maximum absolute atomic E-state index is 13.0. The van der Waals surface area contributed by atoms with Crippen LogP contribution in [-0.4, -0.2) is 39.1 Å². The average molecular weight is 377 g/mol. The molecule has 1 amide bonds. The molecule has 1 aromatic heterocycles. The number of nitrogens with zero attached hydrogens (tertiary/aromatic N) is 3. The third-order valence-corrected chi connectivity index (χ3v) is 5.22. The summed E-state index contributed by atoms with van der Waals surface area (Å²) in [6.07, 6.45) is 2.27. The van der Waals surface area contributed by atoms with E-state index in [-0.39, 0.29) is 17.6 Å². The standard InChI is InChI=1S/C22H23N3O3/c1-15-23-21(28-24-15)18-9-11-25(12-10-18)22(27)19-14-17(7-8-20(19)26)13-16-5-3-2-4-6-16/h2-8,14,18,26H,9-13H2,1H3. The molecule has 28 heavy (non-hydrogen) atoms. The van der Waals surface area contributed by atoms with Crippen LogP contribution in [0.3, 0.4) is 0 Å². The Labute approximate surface area is 163 Å². The van der Waals surface area contributed by atoms with Crippen LogP contribution in [0.25, 0.3) is 0 Å². The van der Waals surface area contributed by atoms with Gasteiger partial charge in [0.05, 0.1) is 5.56 Å². The molecule has 6 nitrogen and oxygen atoms in total. The average Bonchev–Trinajstić information content (AvgIpc) is 3.16. The van der Waals surface area contributed by atoms with Crippen LogP contribution in [0.1, 0.15) is 52.0 Å². The Morgan fingerprint density at radius 3 is 2.57 bits per heavy atom. The molecule has 0 aliphatic carbocycles. The number of phenols is 1. The fraction of sp³-hybridized carbons (Fsp3) is 0.318. The number of hydrogen-bond acceptors (Lipinski definition) is 5. The van der Waals surface area contributed by atoms with Crippen molar-refractivity contribution in [3.63, 3.8) is 0 Å². The summed E-state index contributed by atoms with van der Waals surface area (Å²) in [4.78, 5) is 19.1. The first kappa shape index (κ1) is 18.2. The lowest BCUT2D eigenvalue weighted by Crippen LogP contribution is -2.38. The molecule has 6 heteroatoms. The molecule has 0 spiro atoms. The highest BCUT2D eigenvalue weighted by Crippen LogP contribution is 2.29. The summed E-state index contributed by atoms with van der Waals surface area (Å²) in [5.74, 6) is 1.36. The second-order valence-corrected chi connectivity index (χ2v) is 7.26. The van der Waals surface area contributed by atoms with Gasteiger partial charge in [0.15, 0.2) is 5.82 Å². The molecule has 0 bridgehead atoms. The number of hydrogen-bond donors (Lipinski definition) is 1. The van der Waals surface area contributed by atoms with Crippen LogP contribution in [0.2, 0.25) is 0 Å². The zero-order valence-electron chi connectivity index (χ0n) is 15.8. The number of piperidine rings is 1. The van der Waals surface area contributed by atoms with Crippen LogP contribution >= 0.6 is 0 Å². The van der Waals surface area contributed by atoms with Crippen molar-refractivity contribution in [2.75, 3.05) is 13.1 Å². The van der Waals surface area contributed by atoms with Gasteiger partial charge in [0.1, 0.15) is 5.75 Å². The number of carbonyl (C=O) groups is 1. The van der Waals surface area contributed by atoms with Crippen molar-refractivity contribution in [2.24, 2.45) is 0 Å². The molecule has 1 aliphatic heterocycles. The van der Waals surface area contributed by atoms with Crippen molar-refractivity contribution >= 4 is 5.91 Å². The Hall–Kier alpha value is -3.15. The first-order chi connectivity index (χ1) is 13.6. The number of aryl methyl sites for hydroxylation is 1. The lowest BCUT2D eigenvalue weighted by atomic mass is 9.95. The minimum atomic E-state index is -0.132. The number of aromatic hydroxyl groups is 1. The predicted molar refractivity (Wildman–Crippen MR) is 104 cm³/mol. The zero-order valence-corrected chi connectivity index (χ0v) is 15.8. The fourth-order valence-electron chi connectivity index (χ4n) is 3.67. The molecule has 2 heterocycles. The van der Waals surface area contributed by atoms with E-state index >= 15 is 0 Å². The van der Waals surface area contributed by atoms with E-state index in [1.165, 1.54) is 5.56 Å². The highest BCUT2D eigenvalue weighted by Gasteiger charge is 2.28. The van der Waals surface area contributed by atoms with Gasteiger partial charge in [-0.3, -0.25) is 4.79 Å². The minimum absolute atomic E-state index is 0.0245. The van der Waals surface area contributed by atoms with Gasteiger partial charge in [-0.25, -0.2) is 0 Å². The quantitative estimate of drug-likeness (QED) is 0.750. The summed E-state index contributed by atoms with van der Waals surface area (Å²) in [5, 5.41) is 14.1. The summed E-state index contributed by atoms with van der Waals surface area (Å²) in [6, 6.07) is 15.4. The van der Waals surface area contributed by atoms with Crippen molar-refractivity contribution in [1.29, 1.82) is 0 Å². The first-order valence-electron chi connectivity index (χ1n) is 9.55. The van der Waals surface area contributed by atoms with Crippen LogP contribution in [0.5, 0.6) is 5.75 Å². The van der Waals surface area contributed by atoms with E-state index in [2.05, 4.69) is 22.3 Å². The smallest absolute Gasteiger partial charge is 0.257 e. The Morgan fingerprint density at radius 1 is 1.14 bits per heavy atom. The Balaban J connectivity index is 1.45. The number of phenolic OH excluding ortho intramolecular Hbond substituents is 1. The molecular weight excluding hydrogens is 354 g/mol. The highest BCUT2D eigenvalue weighted by atomic mass is 16.5. The van der Waals surface area contributed by atoms with Crippen molar-refractivity contribution in [1.82, 2.24) is 15.0 Å². The SMILES string of the molecule is Cc1noc(C2CCN(C(=O)c3cc(Cc4ccccc4)ccc3O)CC2)n1. The van der Waals surface area contributed by atoms with Crippen LogP contribution in [0.4, 0.5) is 0 Å². The predicted octanol–water partition coefficient (Wildman–Crippen LogP) is 3.69. The second kappa shape index (κ2) is 7.84. The summed E-state index contributed by atoms with van der Waals surface area (Å²) in [7, 11) is 0. The van der Waals surface area contributed by atoms with Crippen LogP contribution < -0.4 is 0 Å². The Kier molecular flexibility index (Phi) is 5.10. The second-order valence-electron chi connectivity index (χ2n) is 7.26. The van der Waals surface area contributed by atoms with Crippen molar-refractivity contribution in [3.8, 4) is 5.75 Å². The number of benzene rings is 2. The van der Waals surface area contributed by atoms with Gasteiger partial charge in [-0.15, -0.1) is 0 Å². The number of rotatable bonds is 4. The van der Waals surface area contributed by atoms with Crippen molar-refractivity contribution < 1.29 is 14.4 Å². The van der Waals surface area contributed by atoms with E-state index in [1.54, 1.807) is 24.0 Å². The molecule has 1 saturated heterocycles. The van der Waals surface area contributed by atoms with Gasteiger partial charge in [-0.05, 0) is 49.4 Å². The van der Waals surface area contributed by atoms with Crippen molar-refractivity contribution in [2.45, 2.75) is 32.1 Å². The number of aromatic nitrogens is 2. The lowest BCUT2D eigenvalue weighted by molar-refractivity contribution is 0.0701. The van der Waals surface area contributed by atoms with Gasteiger partial charge in [-0.1, -0.05) is 41.6 Å². The Morgan fingerprint density at radius 2 is 1.89 bits per heavy atom. The molecule has 1 aliphatic rings. The molecule has 144 valence electrons. The third kappa shape index (κ3) is 3.91. The van der Waals surface area contributed by atoms with Crippen LogP contribution in [-0.2, 0) is 6.42 Å². The topological polar surface area (TPSA) is 79.5 Å². The summed E-state index contributed by atoms with van der Waals surface area (Å²) < 4.78 is 5.27. The largest absolute Gasteiger partial charge is 0.507 e. The van der Waals surface area contributed by atoms with Crippen molar-refractivity contribution in [3.05, 3.63) is 76.9 Å². The highest BCUT2D eigenvalue weighted by molar-refractivity contribution is 5.97. The van der Waals surface area contributed by atoms with Gasteiger partial charge in [0, 0.05) is 19.0 Å². The summed E-state index contributed by atoms with van der Waals surface area (Å²) in [6.45, 7) is 3.01. The van der Waals surface area contributed by atoms with E-state index in [4.69, 9.17) is 4.52 Å². The third-order valence-electron chi connectivity index (χ3n) is 5.22. The molecule has 1 fully saturated rings. The minimum Gasteiger partial charge on any atom is -0.507 e. The zero-order chi connectivity index (χ0) is 19.5. The normalized spacial score (nSPS) is 15.0. The molecule has 0 unspecified atom stereocenters. The van der Waals surface area contributed by atoms with Crippen LogP contribution in [0.15, 0.2) is 53.1 Å². The van der Waals surface area contributed by atoms with E-state index in [9.17, 15) is 9.90 Å². The molecule has 0 atom stereocenters. The molecule has 2 aromatic carbocycles. The maximum Gasteiger partial charge on any atom is 0.257 e. The van der Waals surface area contributed by atoms with Crippen LogP contribution in [0, 0.1) is 6.92 Å². The van der Waals surface area contributed by atoms with Gasteiger partial charge in [0.2, 0.25) is 5.89 Å². The molecule has 3 aromatic rings. The molecule has 1 N–H and O–H groups in total. The first-order valence-corrected chi connectivity index (χ1v) is 9.55. The van der Waals surface area contributed by atoms with Gasteiger partial charge in [-0.2, -0.15) is 4.98 Å². The number of carbonyl (C=O) groups excluding carboxylic acids is 1.